The van der Waals surface area contributed by atoms with Gasteiger partial charge in [-0.3, -0.25) is 4.79 Å². The number of likely N-dealkylation sites (tertiary alicyclic amines) is 1. The van der Waals surface area contributed by atoms with E-state index in [0.717, 1.165) is 19.3 Å². The number of nitrogens with one attached hydrogen (secondary N) is 1. The zero-order valence-electron chi connectivity index (χ0n) is 16.5. The van der Waals surface area contributed by atoms with Crippen molar-refractivity contribution in [1.29, 1.82) is 0 Å². The highest BCUT2D eigenvalue weighted by molar-refractivity contribution is 7.89. The summed E-state index contributed by atoms with van der Waals surface area (Å²) in [5.41, 5.74) is 1.76. The van der Waals surface area contributed by atoms with E-state index >= 15 is 0 Å². The van der Waals surface area contributed by atoms with E-state index in [1.807, 2.05) is 11.0 Å². The van der Waals surface area contributed by atoms with Crippen LogP contribution in [-0.4, -0.2) is 38.4 Å². The number of nitrogens with zero attached hydrogens (tertiary/aromatic N) is 1. The minimum Gasteiger partial charge on any atom is -0.339 e. The Hall–Kier alpha value is -2.18. The van der Waals surface area contributed by atoms with Crippen molar-refractivity contribution in [3.63, 3.8) is 0 Å². The molecule has 1 N–H and O–H groups in total. The maximum atomic E-state index is 12.9. The average Bonchev–Trinajstić information content (AvgIpc) is 2.68. The van der Waals surface area contributed by atoms with Crippen LogP contribution < -0.4 is 4.72 Å². The fraction of sp³-hybridized carbons (Fsp3) is 0.409. The van der Waals surface area contributed by atoms with Crippen LogP contribution in [-0.2, 0) is 16.4 Å². The number of rotatable bonds is 6. The Bertz CT molecular complexity index is 902. The number of hydrogen-bond acceptors (Lipinski definition) is 3. The van der Waals surface area contributed by atoms with Crippen molar-refractivity contribution in [3.8, 4) is 0 Å². The molecular formula is C22H28N2O3S. The maximum absolute atomic E-state index is 12.9. The van der Waals surface area contributed by atoms with Gasteiger partial charge in [-0.2, -0.15) is 0 Å². The van der Waals surface area contributed by atoms with E-state index in [1.165, 1.54) is 17.7 Å². The van der Waals surface area contributed by atoms with Crippen LogP contribution in [0, 0.1) is 5.92 Å². The third-order valence-corrected chi connectivity index (χ3v) is 6.71. The van der Waals surface area contributed by atoms with Gasteiger partial charge >= 0.3 is 0 Å². The molecule has 5 nitrogen and oxygen atoms in total. The molecule has 1 aliphatic heterocycles. The zero-order chi connectivity index (χ0) is 20.1. The lowest BCUT2D eigenvalue weighted by atomic mass is 9.90. The first-order valence-electron chi connectivity index (χ1n) is 9.81. The number of amides is 1. The summed E-state index contributed by atoms with van der Waals surface area (Å²) < 4.78 is 27.3. The molecule has 2 aromatic rings. The Morgan fingerprint density at radius 1 is 1.07 bits per heavy atom. The summed E-state index contributed by atoms with van der Waals surface area (Å²) in [5, 5.41) is 0. The van der Waals surface area contributed by atoms with Gasteiger partial charge in [-0.15, -0.1) is 0 Å². The molecule has 28 heavy (non-hydrogen) atoms. The minimum atomic E-state index is -3.61. The van der Waals surface area contributed by atoms with Gasteiger partial charge < -0.3 is 4.90 Å². The number of sulfonamides is 1. The van der Waals surface area contributed by atoms with Gasteiger partial charge in [0.05, 0.1) is 4.90 Å². The van der Waals surface area contributed by atoms with Crippen LogP contribution >= 0.6 is 0 Å². The van der Waals surface area contributed by atoms with E-state index in [-0.39, 0.29) is 16.8 Å². The lowest BCUT2D eigenvalue weighted by Gasteiger charge is -2.32. The van der Waals surface area contributed by atoms with Gasteiger partial charge in [0.1, 0.15) is 0 Å². The number of benzene rings is 2. The van der Waals surface area contributed by atoms with Crippen LogP contribution in [0.25, 0.3) is 0 Å². The highest BCUT2D eigenvalue weighted by atomic mass is 32.2. The summed E-state index contributed by atoms with van der Waals surface area (Å²) in [6.45, 7) is 4.95. The molecule has 0 saturated carbocycles. The van der Waals surface area contributed by atoms with Gasteiger partial charge in [0.2, 0.25) is 10.0 Å². The molecule has 1 aliphatic rings. The van der Waals surface area contributed by atoms with Gasteiger partial charge in [0.15, 0.2) is 0 Å². The van der Waals surface area contributed by atoms with Crippen LogP contribution in [0.3, 0.4) is 0 Å². The monoisotopic (exact) mass is 400 g/mol. The van der Waals surface area contributed by atoms with Crippen LogP contribution in [0.15, 0.2) is 59.5 Å². The van der Waals surface area contributed by atoms with Crippen molar-refractivity contribution >= 4 is 15.9 Å². The quantitative estimate of drug-likeness (QED) is 0.807. The van der Waals surface area contributed by atoms with Gasteiger partial charge in [-0.05, 0) is 62.8 Å². The van der Waals surface area contributed by atoms with E-state index in [2.05, 4.69) is 29.0 Å². The van der Waals surface area contributed by atoms with E-state index in [9.17, 15) is 13.2 Å². The topological polar surface area (TPSA) is 66.5 Å². The molecule has 150 valence electrons. The fourth-order valence-electron chi connectivity index (χ4n) is 3.64. The average molecular weight is 401 g/mol. The summed E-state index contributed by atoms with van der Waals surface area (Å²) in [5.74, 6) is 0.480. The second-order valence-electron chi connectivity index (χ2n) is 7.73. The standard InChI is InChI=1S/C22H28N2O3S/c1-17(2)23-28(26,27)21-10-6-9-20(16-21)22(25)24-13-11-19(12-14-24)15-18-7-4-3-5-8-18/h3-10,16-17,19,23H,11-15H2,1-2H3. The third-order valence-electron chi connectivity index (χ3n) is 5.05. The van der Waals surface area contributed by atoms with E-state index in [1.54, 1.807) is 26.0 Å². The normalized spacial score (nSPS) is 15.8. The molecule has 0 bridgehead atoms. The molecule has 1 fully saturated rings. The third kappa shape index (κ3) is 5.20. The lowest BCUT2D eigenvalue weighted by Crippen LogP contribution is -2.39. The summed E-state index contributed by atoms with van der Waals surface area (Å²) in [6.07, 6.45) is 2.97. The number of carbonyl (C=O) groups is 1. The van der Waals surface area contributed by atoms with Gasteiger partial charge in [0, 0.05) is 24.7 Å². The lowest BCUT2D eigenvalue weighted by molar-refractivity contribution is 0.0690. The van der Waals surface area contributed by atoms with Crippen molar-refractivity contribution in [3.05, 3.63) is 65.7 Å². The molecule has 0 radical (unpaired) electrons. The fourth-order valence-corrected chi connectivity index (χ4v) is 4.94. The van der Waals surface area contributed by atoms with E-state index < -0.39 is 10.0 Å². The van der Waals surface area contributed by atoms with E-state index in [4.69, 9.17) is 0 Å². The predicted molar refractivity (Wildman–Crippen MR) is 111 cm³/mol. The Morgan fingerprint density at radius 3 is 2.39 bits per heavy atom. The van der Waals surface area contributed by atoms with Crippen molar-refractivity contribution in [1.82, 2.24) is 9.62 Å². The number of hydrogen-bond donors (Lipinski definition) is 1. The van der Waals surface area contributed by atoms with Gasteiger partial charge in [-0.25, -0.2) is 13.1 Å². The molecule has 1 heterocycles. The molecule has 0 atom stereocenters. The summed E-state index contributed by atoms with van der Waals surface area (Å²) in [4.78, 5) is 14.8. The van der Waals surface area contributed by atoms with Crippen LogP contribution in [0.4, 0.5) is 0 Å². The second kappa shape index (κ2) is 8.88. The van der Waals surface area contributed by atoms with Gasteiger partial charge in [-0.1, -0.05) is 36.4 Å². The highest BCUT2D eigenvalue weighted by Crippen LogP contribution is 2.23. The SMILES string of the molecule is CC(C)NS(=O)(=O)c1cccc(C(=O)N2CCC(Cc3ccccc3)CC2)c1. The molecule has 2 aromatic carbocycles. The Kier molecular flexibility index (Phi) is 6.52. The first kappa shape index (κ1) is 20.6. The largest absolute Gasteiger partial charge is 0.339 e. The predicted octanol–water partition coefficient (Wildman–Crippen LogP) is 3.47. The smallest absolute Gasteiger partial charge is 0.253 e. The molecule has 0 spiro atoms. The Balaban J connectivity index is 1.63. The molecule has 0 aromatic heterocycles. The second-order valence-corrected chi connectivity index (χ2v) is 9.44. The van der Waals surface area contributed by atoms with Crippen molar-refractivity contribution in [2.24, 2.45) is 5.92 Å². The molecule has 6 heteroatoms. The number of piperidine rings is 1. The minimum absolute atomic E-state index is 0.0974. The molecule has 0 unspecified atom stereocenters. The van der Waals surface area contributed by atoms with Crippen LogP contribution in [0.5, 0.6) is 0 Å². The Morgan fingerprint density at radius 2 is 1.75 bits per heavy atom. The number of carbonyl (C=O) groups excluding carboxylic acids is 1. The van der Waals surface area contributed by atoms with Crippen LogP contribution in [0.2, 0.25) is 0 Å². The summed E-state index contributed by atoms with van der Waals surface area (Å²) in [6, 6.07) is 16.5. The maximum Gasteiger partial charge on any atom is 0.253 e. The van der Waals surface area contributed by atoms with Gasteiger partial charge in [0.25, 0.3) is 5.91 Å². The highest BCUT2D eigenvalue weighted by Gasteiger charge is 2.25. The Labute approximate surface area is 167 Å². The van der Waals surface area contributed by atoms with Crippen molar-refractivity contribution in [2.45, 2.75) is 44.0 Å². The zero-order valence-corrected chi connectivity index (χ0v) is 17.3. The van der Waals surface area contributed by atoms with Crippen molar-refractivity contribution < 1.29 is 13.2 Å². The summed E-state index contributed by atoms with van der Waals surface area (Å²) >= 11 is 0. The molecule has 3 rings (SSSR count). The molecule has 1 amide bonds. The van der Waals surface area contributed by atoms with Crippen LogP contribution in [0.1, 0.15) is 42.6 Å². The van der Waals surface area contributed by atoms with E-state index in [0.29, 0.717) is 24.6 Å². The molecule has 0 aliphatic carbocycles. The molecular weight excluding hydrogens is 372 g/mol. The first-order valence-corrected chi connectivity index (χ1v) is 11.3. The summed E-state index contributed by atoms with van der Waals surface area (Å²) in [7, 11) is -3.61. The first-order chi connectivity index (χ1) is 13.3. The van der Waals surface area contributed by atoms with Crippen molar-refractivity contribution in [2.75, 3.05) is 13.1 Å². The molecule has 1 saturated heterocycles.